The van der Waals surface area contributed by atoms with Crippen molar-refractivity contribution in [1.29, 1.82) is 0 Å². The zero-order chi connectivity index (χ0) is 35.4. The monoisotopic (exact) mass is 709 g/mol. The summed E-state index contributed by atoms with van der Waals surface area (Å²) in [5.74, 6) is 0.195. The van der Waals surface area contributed by atoms with E-state index in [0.29, 0.717) is 33.3 Å². The summed E-state index contributed by atoms with van der Waals surface area (Å²) in [6.07, 6.45) is 1.57. The number of thioether (sulfide) groups is 1. The molecule has 0 saturated heterocycles. The van der Waals surface area contributed by atoms with Crippen molar-refractivity contribution in [2.75, 3.05) is 10.6 Å². The molecule has 1 unspecified atom stereocenters. The number of carbonyl (C=O) groups is 3. The van der Waals surface area contributed by atoms with Gasteiger partial charge in [0.25, 0.3) is 11.8 Å². The van der Waals surface area contributed by atoms with Crippen molar-refractivity contribution >= 4 is 58.5 Å². The van der Waals surface area contributed by atoms with Crippen LogP contribution >= 0.6 is 23.4 Å². The summed E-state index contributed by atoms with van der Waals surface area (Å²) in [5, 5.41) is 8.56. The number of amides is 3. The third-order valence-corrected chi connectivity index (χ3v) is 8.96. The van der Waals surface area contributed by atoms with Crippen LogP contribution in [0.1, 0.15) is 26.7 Å². The van der Waals surface area contributed by atoms with Crippen molar-refractivity contribution < 1.29 is 19.1 Å². The van der Waals surface area contributed by atoms with Crippen molar-refractivity contribution in [3.8, 4) is 11.5 Å². The maximum absolute atomic E-state index is 13.8. The predicted octanol–water partition coefficient (Wildman–Crippen LogP) is 10.0. The number of benzene rings is 6. The maximum atomic E-state index is 13.8. The summed E-state index contributed by atoms with van der Waals surface area (Å²) >= 11 is 7.54. The average molecular weight is 710 g/mol. The molecule has 51 heavy (non-hydrogen) atoms. The summed E-state index contributed by atoms with van der Waals surface area (Å²) in [4.78, 5) is 41.2. The summed E-state index contributed by atoms with van der Waals surface area (Å²) in [6.45, 7) is 0. The molecule has 0 heterocycles. The third-order valence-electron chi connectivity index (χ3n) is 7.48. The topological polar surface area (TPSA) is 96.5 Å². The summed E-state index contributed by atoms with van der Waals surface area (Å²) in [7, 11) is 0. The molecule has 6 aromatic carbocycles. The molecule has 3 amide bonds. The highest BCUT2D eigenvalue weighted by Gasteiger charge is 2.23. The van der Waals surface area contributed by atoms with Gasteiger partial charge in [-0.2, -0.15) is 0 Å². The second-order valence-electron chi connectivity index (χ2n) is 11.3. The van der Waals surface area contributed by atoms with Gasteiger partial charge in [0, 0.05) is 26.9 Å². The quantitative estimate of drug-likeness (QED) is 0.0868. The molecular formula is C42H32ClN3O4S. The largest absolute Gasteiger partial charge is 0.457 e. The molecule has 0 aliphatic rings. The first-order valence-corrected chi connectivity index (χ1v) is 17.3. The molecule has 0 radical (unpaired) electrons. The minimum Gasteiger partial charge on any atom is -0.457 e. The van der Waals surface area contributed by atoms with Gasteiger partial charge in [-0.3, -0.25) is 14.4 Å². The van der Waals surface area contributed by atoms with Crippen LogP contribution in [0.25, 0.3) is 6.08 Å². The molecule has 6 rings (SSSR count). The molecule has 0 aliphatic carbocycles. The average Bonchev–Trinajstić information content (AvgIpc) is 3.15. The minimum atomic E-state index is -0.610. The van der Waals surface area contributed by atoms with E-state index in [1.54, 1.807) is 97.1 Å². The SMILES string of the molecule is O=C(Nc1cccc(SC(C(=O)Nc2ccc(Oc3ccccc3)cc2)c2ccccc2)c1)/C(=C/c1cccc(Cl)c1)NC(=O)c1ccccc1. The van der Waals surface area contributed by atoms with E-state index < -0.39 is 17.1 Å². The molecule has 0 aliphatic heterocycles. The summed E-state index contributed by atoms with van der Waals surface area (Å²) in [6, 6.07) is 49.0. The van der Waals surface area contributed by atoms with Crippen LogP contribution in [-0.4, -0.2) is 17.7 Å². The van der Waals surface area contributed by atoms with Crippen molar-refractivity contribution in [2.24, 2.45) is 0 Å². The number of rotatable bonds is 12. The molecule has 0 saturated carbocycles. The van der Waals surface area contributed by atoms with Crippen molar-refractivity contribution in [2.45, 2.75) is 10.1 Å². The Morgan fingerprint density at radius 2 is 1.27 bits per heavy atom. The first-order valence-electron chi connectivity index (χ1n) is 16.0. The Balaban J connectivity index is 1.18. The van der Waals surface area contributed by atoms with Crippen molar-refractivity contribution in [3.63, 3.8) is 0 Å². The zero-order valence-electron chi connectivity index (χ0n) is 27.2. The number of carbonyl (C=O) groups excluding carboxylic acids is 3. The number of hydrogen-bond donors (Lipinski definition) is 3. The number of anilines is 2. The van der Waals surface area contributed by atoms with Gasteiger partial charge in [-0.15, -0.1) is 11.8 Å². The lowest BCUT2D eigenvalue weighted by atomic mass is 10.1. The van der Waals surface area contributed by atoms with Crippen LogP contribution in [-0.2, 0) is 9.59 Å². The van der Waals surface area contributed by atoms with Crippen molar-refractivity contribution in [1.82, 2.24) is 5.32 Å². The lowest BCUT2D eigenvalue weighted by Gasteiger charge is -2.18. The van der Waals surface area contributed by atoms with Gasteiger partial charge >= 0.3 is 0 Å². The smallest absolute Gasteiger partial charge is 0.272 e. The summed E-state index contributed by atoms with van der Waals surface area (Å²) < 4.78 is 5.88. The van der Waals surface area contributed by atoms with E-state index in [4.69, 9.17) is 16.3 Å². The van der Waals surface area contributed by atoms with Crippen LogP contribution < -0.4 is 20.7 Å². The maximum Gasteiger partial charge on any atom is 0.272 e. The first-order chi connectivity index (χ1) is 24.9. The fourth-order valence-electron chi connectivity index (χ4n) is 5.03. The van der Waals surface area contributed by atoms with Crippen molar-refractivity contribution in [3.05, 3.63) is 191 Å². The van der Waals surface area contributed by atoms with Gasteiger partial charge in [0.1, 0.15) is 22.4 Å². The Morgan fingerprint density at radius 1 is 0.627 bits per heavy atom. The molecule has 6 aromatic rings. The molecule has 252 valence electrons. The van der Waals surface area contributed by atoms with Gasteiger partial charge in [-0.1, -0.05) is 96.5 Å². The Kier molecular flexibility index (Phi) is 11.6. The van der Waals surface area contributed by atoms with E-state index in [0.717, 1.165) is 16.2 Å². The van der Waals surface area contributed by atoms with Gasteiger partial charge in [-0.05, 0) is 96.1 Å². The van der Waals surface area contributed by atoms with Gasteiger partial charge in [-0.25, -0.2) is 0 Å². The molecular weight excluding hydrogens is 678 g/mol. The van der Waals surface area contributed by atoms with Gasteiger partial charge in [0.15, 0.2) is 0 Å². The number of ether oxygens (including phenoxy) is 1. The fraction of sp³-hybridized carbons (Fsp3) is 0.0238. The lowest BCUT2D eigenvalue weighted by Crippen LogP contribution is -2.30. The van der Waals surface area contributed by atoms with E-state index >= 15 is 0 Å². The van der Waals surface area contributed by atoms with E-state index in [1.807, 2.05) is 72.8 Å². The molecule has 3 N–H and O–H groups in total. The highest BCUT2D eigenvalue weighted by atomic mass is 35.5. The highest BCUT2D eigenvalue weighted by Crippen LogP contribution is 2.37. The zero-order valence-corrected chi connectivity index (χ0v) is 28.7. The van der Waals surface area contributed by atoms with Gasteiger partial charge < -0.3 is 20.7 Å². The van der Waals surface area contributed by atoms with Crippen LogP contribution in [0.15, 0.2) is 174 Å². The van der Waals surface area contributed by atoms with E-state index in [2.05, 4.69) is 16.0 Å². The second-order valence-corrected chi connectivity index (χ2v) is 12.9. The molecule has 0 fully saturated rings. The molecule has 1 atom stereocenters. The number of para-hydroxylation sites is 1. The van der Waals surface area contributed by atoms with Gasteiger partial charge in [0.2, 0.25) is 5.91 Å². The Morgan fingerprint density at radius 3 is 1.98 bits per heavy atom. The van der Waals surface area contributed by atoms with Crippen LogP contribution in [0.4, 0.5) is 11.4 Å². The van der Waals surface area contributed by atoms with E-state index in [9.17, 15) is 14.4 Å². The second kappa shape index (κ2) is 17.0. The predicted molar refractivity (Wildman–Crippen MR) is 205 cm³/mol. The number of hydrogen-bond acceptors (Lipinski definition) is 5. The first kappa shape index (κ1) is 34.8. The fourth-order valence-corrected chi connectivity index (χ4v) is 6.31. The molecule has 0 bridgehead atoms. The minimum absolute atomic E-state index is 0.0332. The van der Waals surface area contributed by atoms with Gasteiger partial charge in [0.05, 0.1) is 0 Å². The number of nitrogens with one attached hydrogen (secondary N) is 3. The third kappa shape index (κ3) is 9.98. The molecule has 0 spiro atoms. The van der Waals surface area contributed by atoms with Crippen LogP contribution in [0.5, 0.6) is 11.5 Å². The Hall–Kier alpha value is -6.09. The number of halogens is 1. The lowest BCUT2D eigenvalue weighted by molar-refractivity contribution is -0.116. The molecule has 0 aromatic heterocycles. The van der Waals surface area contributed by atoms with Crippen LogP contribution in [0.3, 0.4) is 0 Å². The van der Waals surface area contributed by atoms with E-state index in [1.165, 1.54) is 11.8 Å². The van der Waals surface area contributed by atoms with Crippen LogP contribution in [0.2, 0.25) is 5.02 Å². The Bertz CT molecular complexity index is 2140. The summed E-state index contributed by atoms with van der Waals surface area (Å²) in [5.41, 5.74) is 3.00. The normalized spacial score (nSPS) is 11.6. The standard InChI is InChI=1S/C42H32ClN3O4S/c43-32-17-10-12-29(26-32)27-38(46-40(47)31-15-6-2-7-16-31)41(48)45-34-18-11-21-37(28-34)51-39(30-13-4-1-5-14-30)42(49)44-33-22-24-36(25-23-33)50-35-19-8-3-9-20-35/h1-28,39H,(H,44,49)(H,45,48)(H,46,47)/b38-27-. The Labute approximate surface area is 305 Å². The highest BCUT2D eigenvalue weighted by molar-refractivity contribution is 8.00. The molecule has 9 heteroatoms. The van der Waals surface area contributed by atoms with E-state index in [-0.39, 0.29) is 11.6 Å². The molecule has 7 nitrogen and oxygen atoms in total. The van der Waals surface area contributed by atoms with Crippen LogP contribution in [0, 0.1) is 0 Å².